The molecule has 0 aromatic heterocycles. The Hall–Kier alpha value is -4.75. The van der Waals surface area contributed by atoms with Gasteiger partial charge in [-0.15, -0.1) is 0 Å². The van der Waals surface area contributed by atoms with Gasteiger partial charge >= 0.3 is 5.97 Å². The predicted octanol–water partition coefficient (Wildman–Crippen LogP) is 5.42. The zero-order valence-corrected chi connectivity index (χ0v) is 28.8. The minimum absolute atomic E-state index is 0.0144. The largest absolute Gasteiger partial charge is 0.503 e. The van der Waals surface area contributed by atoms with Gasteiger partial charge in [-0.2, -0.15) is 5.01 Å². The smallest absolute Gasteiger partial charge is 0.305 e. The molecule has 2 aliphatic heterocycles. The maximum Gasteiger partial charge on any atom is 0.305 e. The fourth-order valence-corrected chi connectivity index (χ4v) is 9.03. The number of rotatable bonds is 8. The molecule has 14 heteroatoms. The molecule has 50 heavy (non-hydrogen) atoms. The van der Waals surface area contributed by atoms with Gasteiger partial charge in [0.15, 0.2) is 11.5 Å². The summed E-state index contributed by atoms with van der Waals surface area (Å²) in [7, 11) is 1.38. The number of halogens is 3. The molecule has 3 aromatic carbocycles. The number of benzene rings is 3. The lowest BCUT2D eigenvalue weighted by Crippen LogP contribution is -2.53. The number of ether oxygens (including phenoxy) is 1. The van der Waals surface area contributed by atoms with Crippen molar-refractivity contribution in [2.45, 2.75) is 30.6 Å². The number of carboxylic acid groups (broad SMARTS) is 1. The molecule has 7 rings (SSSR count). The highest BCUT2D eigenvalue weighted by molar-refractivity contribution is 9.10. The number of aromatic hydroxyl groups is 1. The number of carboxylic acids is 1. The number of methoxy groups -OCH3 is 1. The Kier molecular flexibility index (Phi) is 8.46. The van der Waals surface area contributed by atoms with Crippen LogP contribution in [0.25, 0.3) is 0 Å². The van der Waals surface area contributed by atoms with Gasteiger partial charge in [0.05, 0.1) is 46.9 Å². The van der Waals surface area contributed by atoms with E-state index in [1.807, 2.05) is 6.08 Å². The van der Waals surface area contributed by atoms with E-state index in [1.165, 1.54) is 31.4 Å². The second-order valence-corrected chi connectivity index (χ2v) is 14.2. The topological polar surface area (TPSA) is 154 Å². The zero-order valence-electron chi connectivity index (χ0n) is 26.4. The van der Waals surface area contributed by atoms with Crippen LogP contribution in [0.4, 0.5) is 10.1 Å². The summed E-state index contributed by atoms with van der Waals surface area (Å²) in [4.78, 5) is 69.8. The molecule has 0 radical (unpaired) electrons. The molecule has 2 heterocycles. The van der Waals surface area contributed by atoms with Crippen molar-refractivity contribution in [1.82, 2.24) is 9.91 Å². The van der Waals surface area contributed by atoms with Gasteiger partial charge in [0.2, 0.25) is 11.8 Å². The maximum absolute atomic E-state index is 15.2. The van der Waals surface area contributed by atoms with E-state index in [0.717, 1.165) is 9.91 Å². The van der Waals surface area contributed by atoms with Gasteiger partial charge in [-0.25, -0.2) is 4.39 Å². The van der Waals surface area contributed by atoms with Gasteiger partial charge in [0.25, 0.3) is 11.8 Å². The van der Waals surface area contributed by atoms with E-state index in [4.69, 9.17) is 16.3 Å². The van der Waals surface area contributed by atoms with Crippen molar-refractivity contribution in [2.24, 2.45) is 23.7 Å². The summed E-state index contributed by atoms with van der Waals surface area (Å²) in [5.41, 5.74) is 3.16. The normalized spacial score (nSPS) is 27.1. The van der Waals surface area contributed by atoms with E-state index in [0.29, 0.717) is 21.7 Å². The Morgan fingerprint density at radius 3 is 2.40 bits per heavy atom. The number of phenols is 1. The maximum atomic E-state index is 15.2. The highest BCUT2D eigenvalue weighted by atomic mass is 79.9. The Morgan fingerprint density at radius 1 is 1.04 bits per heavy atom. The first-order valence-electron chi connectivity index (χ1n) is 15.9. The van der Waals surface area contributed by atoms with Crippen LogP contribution in [-0.2, 0) is 29.4 Å². The number of allylic oxidation sites excluding steroid dienone is 2. The third-order valence-electron chi connectivity index (χ3n) is 10.5. The summed E-state index contributed by atoms with van der Waals surface area (Å²) in [6.45, 7) is -0.279. The monoisotopic (exact) mass is 765 g/mol. The second kappa shape index (κ2) is 12.5. The van der Waals surface area contributed by atoms with Gasteiger partial charge < -0.3 is 14.9 Å². The number of carbonyl (C=O) groups excluding carboxylic acids is 4. The molecule has 4 amide bonds. The molecular formula is C36H30BrClFN3O8. The van der Waals surface area contributed by atoms with Gasteiger partial charge in [0, 0.05) is 17.5 Å². The van der Waals surface area contributed by atoms with Crippen LogP contribution in [0.15, 0.2) is 76.8 Å². The number of hydrogen-bond donors (Lipinski definition) is 3. The average molecular weight is 767 g/mol. The molecule has 11 nitrogen and oxygen atoms in total. The lowest BCUT2D eigenvalue weighted by Gasteiger charge is -2.50. The molecule has 258 valence electrons. The van der Waals surface area contributed by atoms with E-state index >= 15 is 4.79 Å². The molecule has 2 aliphatic carbocycles. The minimum Gasteiger partial charge on any atom is -0.503 e. The number of likely N-dealkylation sites (tertiary alicyclic amines) is 1. The van der Waals surface area contributed by atoms with E-state index in [9.17, 15) is 33.8 Å². The molecular weight excluding hydrogens is 737 g/mol. The van der Waals surface area contributed by atoms with Crippen molar-refractivity contribution in [3.8, 4) is 11.5 Å². The quantitative estimate of drug-likeness (QED) is 0.202. The number of amides is 4. The van der Waals surface area contributed by atoms with Crippen LogP contribution in [0.1, 0.15) is 36.3 Å². The van der Waals surface area contributed by atoms with E-state index in [2.05, 4.69) is 21.4 Å². The number of anilines is 1. The lowest BCUT2D eigenvalue weighted by molar-refractivity contribution is -0.143. The first-order chi connectivity index (χ1) is 23.9. The molecule has 3 fully saturated rings. The number of phenolic OH excluding ortho intramolecular Hbond substituents is 1. The summed E-state index contributed by atoms with van der Waals surface area (Å²) in [5.74, 6) is -8.28. The Bertz CT molecular complexity index is 1990. The van der Waals surface area contributed by atoms with E-state index in [1.54, 1.807) is 36.4 Å². The van der Waals surface area contributed by atoms with Crippen molar-refractivity contribution < 1.29 is 43.3 Å². The van der Waals surface area contributed by atoms with E-state index in [-0.39, 0.29) is 41.0 Å². The first kappa shape index (κ1) is 33.7. The first-order valence-corrected chi connectivity index (χ1v) is 17.1. The van der Waals surface area contributed by atoms with Crippen molar-refractivity contribution >= 4 is 62.8 Å². The van der Waals surface area contributed by atoms with Crippen molar-refractivity contribution in [1.29, 1.82) is 0 Å². The second-order valence-electron chi connectivity index (χ2n) is 12.9. The van der Waals surface area contributed by atoms with Crippen LogP contribution in [0.2, 0.25) is 5.02 Å². The fourth-order valence-electron chi connectivity index (χ4n) is 8.44. The number of aliphatic carboxylic acids is 1. The molecule has 4 aliphatic rings. The molecule has 6 atom stereocenters. The summed E-state index contributed by atoms with van der Waals surface area (Å²) >= 11 is 9.73. The fraction of sp³-hybridized carbons (Fsp3) is 0.306. The van der Waals surface area contributed by atoms with Crippen LogP contribution in [0, 0.1) is 29.5 Å². The SMILES string of the molecule is COc1cc(C2C3=CCC4C(=O)N(CCC(=O)O)C(=O)C4C3CC3C(=O)N(Nc4ccc(F)cc4)C(=O)C32c2ccc(Cl)cc2)cc(Br)c1O. The third kappa shape index (κ3) is 5.08. The zero-order chi connectivity index (χ0) is 35.6. The van der Waals surface area contributed by atoms with Crippen LogP contribution in [0.3, 0.4) is 0 Å². The number of imide groups is 2. The lowest BCUT2D eigenvalue weighted by atomic mass is 9.49. The average Bonchev–Trinajstić information content (AvgIpc) is 3.46. The van der Waals surface area contributed by atoms with E-state index < -0.39 is 76.8 Å². The van der Waals surface area contributed by atoms with Crippen molar-refractivity contribution in [2.75, 3.05) is 19.1 Å². The molecule has 0 bridgehead atoms. The van der Waals surface area contributed by atoms with Gasteiger partial charge in [0.1, 0.15) is 5.82 Å². The number of hydrogen-bond acceptors (Lipinski definition) is 8. The van der Waals surface area contributed by atoms with Crippen molar-refractivity contribution in [3.05, 3.63) is 98.8 Å². The summed E-state index contributed by atoms with van der Waals surface area (Å²) in [6.07, 6.45) is 1.61. The van der Waals surface area contributed by atoms with Crippen LogP contribution in [-0.4, -0.2) is 63.4 Å². The summed E-state index contributed by atoms with van der Waals surface area (Å²) in [5, 5.41) is 21.4. The number of nitrogens with zero attached hydrogens (tertiary/aromatic N) is 2. The van der Waals surface area contributed by atoms with Gasteiger partial charge in [-0.3, -0.25) is 34.3 Å². The Labute approximate surface area is 298 Å². The van der Waals surface area contributed by atoms with Gasteiger partial charge in [-0.1, -0.05) is 35.4 Å². The van der Waals surface area contributed by atoms with Crippen molar-refractivity contribution in [3.63, 3.8) is 0 Å². The third-order valence-corrected chi connectivity index (χ3v) is 11.4. The standard InChI is InChI=1S/C36H30BrClFN3O8/c1-50-27-15-17(14-26(37)31(27)45)30-22-10-11-23-29(34(48)41(32(23)46)13-12-28(43)44)24(22)16-25-33(47)42(40-21-8-6-20(39)7-9-21)35(49)36(25,30)18-2-4-19(38)5-3-18/h2-10,14-15,23-25,29-30,40,45H,11-13,16H2,1H3,(H,43,44). The molecule has 2 saturated heterocycles. The molecule has 1 saturated carbocycles. The van der Waals surface area contributed by atoms with Crippen LogP contribution in [0.5, 0.6) is 11.5 Å². The molecule has 0 spiro atoms. The molecule has 6 unspecified atom stereocenters. The summed E-state index contributed by atoms with van der Waals surface area (Å²) < 4.78 is 19.6. The Morgan fingerprint density at radius 2 is 1.74 bits per heavy atom. The number of nitrogens with one attached hydrogen (secondary N) is 1. The van der Waals surface area contributed by atoms with Gasteiger partial charge in [-0.05, 0) is 94.3 Å². The number of hydrazine groups is 1. The number of fused-ring (bicyclic) bond motifs is 4. The Balaban J connectivity index is 1.45. The highest BCUT2D eigenvalue weighted by Gasteiger charge is 2.70. The predicted molar refractivity (Wildman–Crippen MR) is 180 cm³/mol. The van der Waals surface area contributed by atoms with Crippen LogP contribution < -0.4 is 10.2 Å². The minimum atomic E-state index is -1.63. The van der Waals surface area contributed by atoms with Crippen LogP contribution >= 0.6 is 27.5 Å². The summed E-state index contributed by atoms with van der Waals surface area (Å²) in [6, 6.07) is 15.0. The highest BCUT2D eigenvalue weighted by Crippen LogP contribution is 2.64. The number of carbonyl (C=O) groups is 5. The molecule has 3 aromatic rings. The molecule has 3 N–H and O–H groups in total.